The number of carbonyl (C=O) groups excluding carboxylic acids is 1. The Kier molecular flexibility index (Phi) is 2.70. The molecule has 0 aliphatic carbocycles. The molecule has 3 heteroatoms. The van der Waals surface area contributed by atoms with Crippen LogP contribution in [0.1, 0.15) is 24.0 Å². The van der Waals surface area contributed by atoms with E-state index in [0.29, 0.717) is 6.54 Å². The summed E-state index contributed by atoms with van der Waals surface area (Å²) >= 11 is 6.36. The van der Waals surface area contributed by atoms with Crippen LogP contribution in [0.2, 0.25) is 0 Å². The molecule has 0 spiro atoms. The van der Waals surface area contributed by atoms with Gasteiger partial charge in [0, 0.05) is 19.5 Å². The van der Waals surface area contributed by atoms with Crippen molar-refractivity contribution in [2.24, 2.45) is 0 Å². The van der Waals surface area contributed by atoms with Gasteiger partial charge in [0.1, 0.15) is 4.87 Å². The Morgan fingerprint density at radius 3 is 2.38 bits per heavy atom. The Morgan fingerprint density at radius 1 is 1.38 bits per heavy atom. The molecule has 0 aromatic heterocycles. The van der Waals surface area contributed by atoms with Crippen molar-refractivity contribution in [3.8, 4) is 0 Å². The maximum absolute atomic E-state index is 11.9. The number of carbonyl (C=O) groups is 1. The van der Waals surface area contributed by atoms with E-state index in [1.807, 2.05) is 6.92 Å². The molecule has 1 aromatic carbocycles. The minimum Gasteiger partial charge on any atom is -0.344 e. The van der Waals surface area contributed by atoms with E-state index in [0.717, 1.165) is 5.56 Å². The summed E-state index contributed by atoms with van der Waals surface area (Å²) in [6.07, 6.45) is 0. The molecule has 86 valence electrons. The lowest BCUT2D eigenvalue weighted by Gasteiger charge is -2.21. The number of rotatable bonds is 1. The smallest absolute Gasteiger partial charge is 0.243 e. The zero-order valence-corrected chi connectivity index (χ0v) is 10.6. The summed E-state index contributed by atoms with van der Waals surface area (Å²) in [4.78, 5) is 12.8. The number of hydrogen-bond donors (Lipinski definition) is 0. The Balaban J connectivity index is 2.35. The highest BCUT2D eigenvalue weighted by Gasteiger charge is 2.48. The zero-order chi connectivity index (χ0) is 11.9. The second-order valence-electron chi connectivity index (χ2n) is 4.72. The van der Waals surface area contributed by atoms with Crippen LogP contribution < -0.4 is 0 Å². The van der Waals surface area contributed by atoms with E-state index < -0.39 is 4.87 Å². The molecule has 1 aliphatic rings. The number of likely N-dealkylation sites (tertiary alicyclic amines) is 1. The van der Waals surface area contributed by atoms with Crippen molar-refractivity contribution < 1.29 is 4.79 Å². The number of alkyl halides is 1. The average molecular weight is 238 g/mol. The number of likely N-dealkylation sites (N-methyl/N-ethyl adjacent to an activating group) is 1. The summed E-state index contributed by atoms with van der Waals surface area (Å²) in [6.45, 7) is 4.56. The Morgan fingerprint density at radius 2 is 1.94 bits per heavy atom. The Labute approximate surface area is 101 Å². The molecule has 2 nitrogen and oxygen atoms in total. The van der Waals surface area contributed by atoms with Crippen LogP contribution in [0.4, 0.5) is 0 Å². The number of amides is 1. The first-order valence-corrected chi connectivity index (χ1v) is 5.82. The van der Waals surface area contributed by atoms with Crippen LogP contribution in [0.5, 0.6) is 0 Å². The quantitative estimate of drug-likeness (QED) is 0.688. The molecule has 2 rings (SSSR count). The van der Waals surface area contributed by atoms with Crippen LogP contribution in [0.15, 0.2) is 24.3 Å². The van der Waals surface area contributed by atoms with Crippen LogP contribution >= 0.6 is 11.6 Å². The fraction of sp³-hybridized carbons (Fsp3) is 0.462. The largest absolute Gasteiger partial charge is 0.344 e. The fourth-order valence-electron chi connectivity index (χ4n) is 2.27. The maximum Gasteiger partial charge on any atom is 0.243 e. The minimum absolute atomic E-state index is 0.0136. The van der Waals surface area contributed by atoms with Gasteiger partial charge in [0.25, 0.3) is 0 Å². The van der Waals surface area contributed by atoms with Gasteiger partial charge in [0.15, 0.2) is 0 Å². The fourth-order valence-corrected chi connectivity index (χ4v) is 2.61. The van der Waals surface area contributed by atoms with Gasteiger partial charge in [-0.15, -0.1) is 11.6 Å². The molecule has 16 heavy (non-hydrogen) atoms. The highest BCUT2D eigenvalue weighted by atomic mass is 35.5. The van der Waals surface area contributed by atoms with Crippen LogP contribution in [-0.4, -0.2) is 29.3 Å². The number of nitrogens with zero attached hydrogens (tertiary/aromatic N) is 1. The van der Waals surface area contributed by atoms with Crippen molar-refractivity contribution in [1.82, 2.24) is 4.90 Å². The van der Waals surface area contributed by atoms with Gasteiger partial charge in [0.05, 0.1) is 0 Å². The number of aryl methyl sites for hydroxylation is 1. The molecule has 1 amide bonds. The SMILES string of the molecule is Cc1ccc([C@H]2CN(C)C(=O)C2(C)Cl)cc1. The highest BCUT2D eigenvalue weighted by molar-refractivity contribution is 6.36. The minimum atomic E-state index is -0.802. The van der Waals surface area contributed by atoms with Crippen molar-refractivity contribution in [3.63, 3.8) is 0 Å². The maximum atomic E-state index is 11.9. The summed E-state index contributed by atoms with van der Waals surface area (Å²) in [5, 5.41) is 0. The molecule has 1 aliphatic heterocycles. The van der Waals surface area contributed by atoms with Crippen LogP contribution in [0.25, 0.3) is 0 Å². The van der Waals surface area contributed by atoms with E-state index in [1.165, 1.54) is 5.56 Å². The van der Waals surface area contributed by atoms with Crippen LogP contribution in [-0.2, 0) is 4.79 Å². The Hall–Kier alpha value is -1.02. The Bertz CT molecular complexity index is 410. The second kappa shape index (κ2) is 3.77. The van der Waals surface area contributed by atoms with Gasteiger partial charge in [-0.25, -0.2) is 0 Å². The summed E-state index contributed by atoms with van der Waals surface area (Å²) < 4.78 is 0. The average Bonchev–Trinajstić information content (AvgIpc) is 2.44. The predicted octanol–water partition coefficient (Wildman–Crippen LogP) is 2.55. The van der Waals surface area contributed by atoms with E-state index in [4.69, 9.17) is 11.6 Å². The molecule has 0 N–H and O–H groups in total. The van der Waals surface area contributed by atoms with Crippen molar-refractivity contribution in [2.75, 3.05) is 13.6 Å². The summed E-state index contributed by atoms with van der Waals surface area (Å²) in [6, 6.07) is 8.25. The van der Waals surface area contributed by atoms with Gasteiger partial charge in [-0.1, -0.05) is 29.8 Å². The lowest BCUT2D eigenvalue weighted by Crippen LogP contribution is -2.32. The molecule has 1 saturated heterocycles. The number of halogens is 1. The third kappa shape index (κ3) is 1.71. The molecule has 0 radical (unpaired) electrons. The molecule has 2 atom stereocenters. The van der Waals surface area contributed by atoms with E-state index in [-0.39, 0.29) is 11.8 Å². The molecule has 1 fully saturated rings. The topological polar surface area (TPSA) is 20.3 Å². The van der Waals surface area contributed by atoms with E-state index in [1.54, 1.807) is 11.9 Å². The molecule has 1 aromatic rings. The van der Waals surface area contributed by atoms with Crippen molar-refractivity contribution >= 4 is 17.5 Å². The summed E-state index contributed by atoms with van der Waals surface area (Å²) in [7, 11) is 1.80. The first-order chi connectivity index (χ1) is 7.43. The first-order valence-electron chi connectivity index (χ1n) is 5.44. The second-order valence-corrected chi connectivity index (χ2v) is 5.51. The third-order valence-electron chi connectivity index (χ3n) is 3.36. The highest BCUT2D eigenvalue weighted by Crippen LogP contribution is 2.40. The van der Waals surface area contributed by atoms with Crippen molar-refractivity contribution in [3.05, 3.63) is 35.4 Å². The first kappa shape index (κ1) is 11.5. The lowest BCUT2D eigenvalue weighted by molar-refractivity contribution is -0.128. The van der Waals surface area contributed by atoms with Crippen LogP contribution in [0, 0.1) is 6.92 Å². The van der Waals surface area contributed by atoms with Gasteiger partial charge in [-0.3, -0.25) is 4.79 Å². The van der Waals surface area contributed by atoms with Gasteiger partial charge < -0.3 is 4.90 Å². The third-order valence-corrected chi connectivity index (χ3v) is 3.78. The number of benzene rings is 1. The zero-order valence-electron chi connectivity index (χ0n) is 9.83. The monoisotopic (exact) mass is 237 g/mol. The van der Waals surface area contributed by atoms with Gasteiger partial charge >= 0.3 is 0 Å². The molecule has 1 unspecified atom stereocenters. The predicted molar refractivity (Wildman–Crippen MR) is 65.8 cm³/mol. The normalized spacial score (nSPS) is 29.9. The molecule has 0 bridgehead atoms. The van der Waals surface area contributed by atoms with Gasteiger partial charge in [-0.2, -0.15) is 0 Å². The molecule has 1 heterocycles. The lowest BCUT2D eigenvalue weighted by atomic mass is 9.89. The van der Waals surface area contributed by atoms with Gasteiger partial charge in [-0.05, 0) is 19.4 Å². The molecule has 0 saturated carbocycles. The van der Waals surface area contributed by atoms with Crippen molar-refractivity contribution in [1.29, 1.82) is 0 Å². The van der Waals surface area contributed by atoms with E-state index in [2.05, 4.69) is 31.2 Å². The van der Waals surface area contributed by atoms with Crippen molar-refractivity contribution in [2.45, 2.75) is 24.6 Å². The summed E-state index contributed by atoms with van der Waals surface area (Å²) in [5.41, 5.74) is 2.36. The molecular formula is C13H16ClNO. The molecular weight excluding hydrogens is 222 g/mol. The van der Waals surface area contributed by atoms with Gasteiger partial charge in [0.2, 0.25) is 5.91 Å². The van der Waals surface area contributed by atoms with E-state index >= 15 is 0 Å². The van der Waals surface area contributed by atoms with Crippen LogP contribution in [0.3, 0.4) is 0 Å². The van der Waals surface area contributed by atoms with E-state index in [9.17, 15) is 4.79 Å². The summed E-state index contributed by atoms with van der Waals surface area (Å²) in [5.74, 6) is 0.0898. The number of hydrogen-bond acceptors (Lipinski definition) is 1. The standard InChI is InChI=1S/C13H16ClNO/c1-9-4-6-10(7-5-9)11-8-15(3)12(16)13(11,2)14/h4-7,11H,8H2,1-3H3/t11-,13?/m1/s1.